The van der Waals surface area contributed by atoms with E-state index in [0.717, 1.165) is 0 Å². The summed E-state index contributed by atoms with van der Waals surface area (Å²) < 4.78 is 18.8. The van der Waals surface area contributed by atoms with Crippen molar-refractivity contribution < 1.29 is 18.7 Å². The summed E-state index contributed by atoms with van der Waals surface area (Å²) in [6.07, 6.45) is -1.02. The first-order valence-corrected chi connectivity index (χ1v) is 11.1. The van der Waals surface area contributed by atoms with Gasteiger partial charge in [-0.1, -0.05) is 20.8 Å². The monoisotopic (exact) mass is 370 g/mol. The van der Waals surface area contributed by atoms with Gasteiger partial charge in [0.05, 0.1) is 0 Å². The molecule has 4 atom stereocenters. The van der Waals surface area contributed by atoms with Gasteiger partial charge in [0.15, 0.2) is 20.8 Å². The average Bonchev–Trinajstić information content (AvgIpc) is 2.82. The average molecular weight is 370 g/mol. The molecule has 0 aliphatic carbocycles. The van der Waals surface area contributed by atoms with E-state index in [1.165, 1.54) is 23.9 Å². The third kappa shape index (κ3) is 3.84. The molecule has 25 heavy (non-hydrogen) atoms. The van der Waals surface area contributed by atoms with E-state index in [-0.39, 0.29) is 5.04 Å². The normalized spacial score (nSPS) is 27.4. The minimum Gasteiger partial charge on any atom is -0.408 e. The van der Waals surface area contributed by atoms with E-state index in [1.807, 2.05) is 0 Å². The van der Waals surface area contributed by atoms with Gasteiger partial charge in [-0.2, -0.15) is 0 Å². The Morgan fingerprint density at radius 2 is 1.92 bits per heavy atom. The molecular weight excluding hydrogens is 344 g/mol. The molecule has 1 aromatic heterocycles. The second-order valence-corrected chi connectivity index (χ2v) is 12.4. The Labute approximate surface area is 147 Å². The molecule has 0 radical (unpaired) electrons. The van der Waals surface area contributed by atoms with Gasteiger partial charge in [-0.05, 0) is 18.1 Å². The Morgan fingerprint density at radius 1 is 1.28 bits per heavy atom. The van der Waals surface area contributed by atoms with Crippen LogP contribution in [0.25, 0.3) is 0 Å². The van der Waals surface area contributed by atoms with E-state index >= 15 is 0 Å². The van der Waals surface area contributed by atoms with Crippen LogP contribution in [0.5, 0.6) is 0 Å². The van der Waals surface area contributed by atoms with Crippen LogP contribution in [0, 0.1) is 0 Å². The first kappa shape index (κ1) is 19.8. The summed E-state index contributed by atoms with van der Waals surface area (Å²) >= 11 is 0. The lowest BCUT2D eigenvalue weighted by molar-refractivity contribution is -0.122. The summed E-state index contributed by atoms with van der Waals surface area (Å²) in [5.74, 6) is 0. The van der Waals surface area contributed by atoms with Crippen LogP contribution < -0.4 is 11.2 Å². The highest BCUT2D eigenvalue weighted by molar-refractivity contribution is 6.74. The molecule has 0 amide bonds. The summed E-state index contributed by atoms with van der Waals surface area (Å²) in [6.45, 7) is 10.4. The van der Waals surface area contributed by atoms with Crippen LogP contribution in [0.3, 0.4) is 0 Å². The zero-order chi connectivity index (χ0) is 19.0. The molecule has 2 rings (SSSR count). The maximum Gasteiger partial charge on any atom is 0.330 e. The maximum absolute atomic E-state index is 12.1. The van der Waals surface area contributed by atoms with Crippen molar-refractivity contribution in [2.45, 2.75) is 63.4 Å². The predicted molar refractivity (Wildman–Crippen MR) is 94.2 cm³/mol. The standard InChI is InChI=1S/C16H26N2O6Si/c1-16(2,3)25(5,6)24-12-10(9-19)23-14(13(12)22-4)18-8-7-11(20)17-15(18)21/h7-10,12-14H,1-6H3,(H,17,20,21)/t10-,12?,13+,14-/m1/s1. The molecule has 0 saturated carbocycles. The minimum atomic E-state index is -2.20. The summed E-state index contributed by atoms with van der Waals surface area (Å²) in [5.41, 5.74) is -1.13. The van der Waals surface area contributed by atoms with Gasteiger partial charge in [0, 0.05) is 19.4 Å². The van der Waals surface area contributed by atoms with Gasteiger partial charge >= 0.3 is 5.69 Å². The number of hydrogen-bond donors (Lipinski definition) is 1. The van der Waals surface area contributed by atoms with Crippen molar-refractivity contribution >= 4 is 14.6 Å². The molecule has 1 aromatic rings. The lowest BCUT2D eigenvalue weighted by Crippen LogP contribution is -2.50. The molecule has 1 aliphatic heterocycles. The molecule has 1 saturated heterocycles. The molecule has 9 heteroatoms. The van der Waals surface area contributed by atoms with Crippen LogP contribution in [0.15, 0.2) is 21.9 Å². The first-order chi connectivity index (χ1) is 11.5. The van der Waals surface area contributed by atoms with E-state index in [2.05, 4.69) is 38.8 Å². The van der Waals surface area contributed by atoms with Crippen molar-refractivity contribution in [1.82, 2.24) is 9.55 Å². The first-order valence-electron chi connectivity index (χ1n) is 8.14. The lowest BCUT2D eigenvalue weighted by Gasteiger charge is -2.39. The van der Waals surface area contributed by atoms with Crippen molar-refractivity contribution in [3.05, 3.63) is 33.1 Å². The van der Waals surface area contributed by atoms with Crippen LogP contribution in [0.2, 0.25) is 18.1 Å². The molecule has 0 spiro atoms. The van der Waals surface area contributed by atoms with E-state index in [1.54, 1.807) is 0 Å². The molecular formula is C16H26N2O6Si. The summed E-state index contributed by atoms with van der Waals surface area (Å²) in [4.78, 5) is 37.1. The topological polar surface area (TPSA) is 99.6 Å². The number of nitrogens with one attached hydrogen (secondary N) is 1. The fourth-order valence-electron chi connectivity index (χ4n) is 2.53. The quantitative estimate of drug-likeness (QED) is 0.614. The summed E-state index contributed by atoms with van der Waals surface area (Å²) in [6, 6.07) is 1.22. The fraction of sp³-hybridized carbons (Fsp3) is 0.688. The van der Waals surface area contributed by atoms with Gasteiger partial charge in [0.2, 0.25) is 0 Å². The lowest BCUT2D eigenvalue weighted by atomic mass is 10.1. The van der Waals surface area contributed by atoms with Gasteiger partial charge < -0.3 is 18.7 Å². The molecule has 1 aliphatic rings. The number of aldehydes is 1. The Morgan fingerprint density at radius 3 is 2.40 bits per heavy atom. The molecule has 1 fully saturated rings. The van der Waals surface area contributed by atoms with Crippen molar-refractivity contribution in [3.63, 3.8) is 0 Å². The van der Waals surface area contributed by atoms with Crippen LogP contribution in [-0.4, -0.2) is 49.6 Å². The van der Waals surface area contributed by atoms with Gasteiger partial charge in [-0.15, -0.1) is 0 Å². The zero-order valence-electron chi connectivity index (χ0n) is 15.4. The van der Waals surface area contributed by atoms with Gasteiger partial charge in [0.1, 0.15) is 18.3 Å². The van der Waals surface area contributed by atoms with Crippen LogP contribution >= 0.6 is 0 Å². The number of rotatable bonds is 5. The number of nitrogens with zero attached hydrogens (tertiary/aromatic N) is 1. The van der Waals surface area contributed by atoms with E-state index < -0.39 is 44.1 Å². The highest BCUT2D eigenvalue weighted by atomic mass is 28.4. The SMILES string of the molecule is CO[C@H]1C(O[Si](C)(C)C(C)(C)C)[C@@H](C=O)O[C@H]1n1ccc(=O)[nH]c1=O. The highest BCUT2D eigenvalue weighted by Crippen LogP contribution is 2.41. The van der Waals surface area contributed by atoms with Crippen LogP contribution in [-0.2, 0) is 18.7 Å². The third-order valence-electron chi connectivity index (χ3n) is 4.99. The number of aromatic nitrogens is 2. The number of H-pyrrole nitrogens is 1. The maximum atomic E-state index is 12.1. The number of methoxy groups -OCH3 is 1. The Kier molecular flexibility index (Phi) is 5.52. The second-order valence-electron chi connectivity index (χ2n) is 7.69. The molecule has 2 heterocycles. The molecule has 1 N–H and O–H groups in total. The van der Waals surface area contributed by atoms with E-state index in [4.69, 9.17) is 13.9 Å². The Hall–Kier alpha value is -1.55. The summed E-state index contributed by atoms with van der Waals surface area (Å²) in [5, 5.41) is -0.0639. The highest BCUT2D eigenvalue weighted by Gasteiger charge is 2.51. The fourth-order valence-corrected chi connectivity index (χ4v) is 3.83. The number of ether oxygens (including phenoxy) is 2. The van der Waals surface area contributed by atoms with Gasteiger partial charge in [-0.25, -0.2) is 4.79 Å². The molecule has 140 valence electrons. The van der Waals surface area contributed by atoms with Gasteiger partial charge in [-0.3, -0.25) is 14.3 Å². The number of aromatic amines is 1. The zero-order valence-corrected chi connectivity index (χ0v) is 16.4. The minimum absolute atomic E-state index is 0.0639. The van der Waals surface area contributed by atoms with Crippen molar-refractivity contribution in [2.75, 3.05) is 7.11 Å². The smallest absolute Gasteiger partial charge is 0.330 e. The van der Waals surface area contributed by atoms with Gasteiger partial charge in [0.25, 0.3) is 5.56 Å². The largest absolute Gasteiger partial charge is 0.408 e. The molecule has 0 aromatic carbocycles. The van der Waals surface area contributed by atoms with E-state index in [0.29, 0.717) is 6.29 Å². The van der Waals surface area contributed by atoms with Crippen molar-refractivity contribution in [2.24, 2.45) is 0 Å². The van der Waals surface area contributed by atoms with Crippen LogP contribution in [0.1, 0.15) is 27.0 Å². The predicted octanol–water partition coefficient (Wildman–Crippen LogP) is 1.04. The Balaban J connectivity index is 2.39. The van der Waals surface area contributed by atoms with Crippen LogP contribution in [0.4, 0.5) is 0 Å². The number of carbonyl (C=O) groups excluding carboxylic acids is 1. The van der Waals surface area contributed by atoms with Crippen molar-refractivity contribution in [3.8, 4) is 0 Å². The number of hydrogen-bond acceptors (Lipinski definition) is 6. The molecule has 1 unspecified atom stereocenters. The number of carbonyl (C=O) groups is 1. The Bertz CT molecular complexity index is 735. The third-order valence-corrected chi connectivity index (χ3v) is 9.47. The summed E-state index contributed by atoms with van der Waals surface area (Å²) in [7, 11) is -0.724. The molecule has 0 bridgehead atoms. The second kappa shape index (κ2) is 6.98. The van der Waals surface area contributed by atoms with E-state index in [9.17, 15) is 14.4 Å². The van der Waals surface area contributed by atoms with Crippen molar-refractivity contribution in [1.29, 1.82) is 0 Å². The molecule has 8 nitrogen and oxygen atoms in total.